The van der Waals surface area contributed by atoms with Gasteiger partial charge in [0.05, 0.1) is 0 Å². The minimum Gasteiger partial charge on any atom is -0.476 e. The molecule has 0 radical (unpaired) electrons. The Kier molecular flexibility index (Phi) is 3.19. The van der Waals surface area contributed by atoms with Gasteiger partial charge in [-0.3, -0.25) is 0 Å². The Morgan fingerprint density at radius 2 is 2.00 bits per heavy atom. The zero-order valence-corrected chi connectivity index (χ0v) is 8.34. The van der Waals surface area contributed by atoms with Crippen molar-refractivity contribution in [2.24, 2.45) is 0 Å². The maximum Gasteiger partial charge on any atom is 0.365 e. The molecule has 80 valence electrons. The second kappa shape index (κ2) is 4.21. The zero-order valence-electron chi connectivity index (χ0n) is 8.34. The lowest BCUT2D eigenvalue weighted by Gasteiger charge is -2.03. The number of rotatable bonds is 2. The number of allylic oxidation sites excluding steroid dienone is 1. The van der Waals surface area contributed by atoms with Gasteiger partial charge in [0.2, 0.25) is 5.83 Å². The number of halogens is 2. The molecule has 0 unspecified atom stereocenters. The first kappa shape index (κ1) is 11.4. The fourth-order valence-corrected chi connectivity index (χ4v) is 1.11. The van der Waals surface area contributed by atoms with Crippen molar-refractivity contribution in [1.29, 1.82) is 0 Å². The standard InChI is InChI=1S/C11H10F2O2/c1-6-3-4-8(5-9(6)12)7(2)10(13)11(14)15/h3-5H,1-2H3,(H,14,15). The average molecular weight is 212 g/mol. The molecule has 0 saturated heterocycles. The van der Waals surface area contributed by atoms with Gasteiger partial charge in [0, 0.05) is 0 Å². The van der Waals surface area contributed by atoms with Crippen LogP contribution in [-0.2, 0) is 4.79 Å². The Hall–Kier alpha value is -1.71. The Morgan fingerprint density at radius 1 is 1.40 bits per heavy atom. The van der Waals surface area contributed by atoms with E-state index in [9.17, 15) is 13.6 Å². The molecule has 1 rings (SSSR count). The third-order valence-electron chi connectivity index (χ3n) is 2.12. The Balaban J connectivity index is 3.23. The van der Waals surface area contributed by atoms with Crippen LogP contribution in [0.25, 0.3) is 5.57 Å². The van der Waals surface area contributed by atoms with E-state index < -0.39 is 17.6 Å². The number of carboxylic acid groups (broad SMARTS) is 1. The highest BCUT2D eigenvalue weighted by Crippen LogP contribution is 2.21. The predicted molar refractivity (Wildman–Crippen MR) is 52.5 cm³/mol. The van der Waals surface area contributed by atoms with Crippen LogP contribution in [0.4, 0.5) is 8.78 Å². The molecule has 0 spiro atoms. The molecule has 1 N–H and O–H groups in total. The summed E-state index contributed by atoms with van der Waals surface area (Å²) < 4.78 is 26.1. The molecule has 2 nitrogen and oxygen atoms in total. The highest BCUT2D eigenvalue weighted by Gasteiger charge is 2.12. The maximum absolute atomic E-state index is 13.1. The number of hydrogen-bond donors (Lipinski definition) is 1. The van der Waals surface area contributed by atoms with Crippen LogP contribution in [0.5, 0.6) is 0 Å². The molecule has 0 bridgehead atoms. The third-order valence-corrected chi connectivity index (χ3v) is 2.12. The first-order valence-electron chi connectivity index (χ1n) is 4.29. The first-order chi connectivity index (χ1) is 6.93. The van der Waals surface area contributed by atoms with Crippen LogP contribution in [0.2, 0.25) is 0 Å². The van der Waals surface area contributed by atoms with Crippen molar-refractivity contribution < 1.29 is 18.7 Å². The van der Waals surface area contributed by atoms with Crippen LogP contribution in [0, 0.1) is 12.7 Å². The highest BCUT2D eigenvalue weighted by atomic mass is 19.1. The monoisotopic (exact) mass is 212 g/mol. The molecule has 0 heterocycles. The molecule has 0 amide bonds. The Bertz CT molecular complexity index is 436. The third kappa shape index (κ3) is 2.40. The summed E-state index contributed by atoms with van der Waals surface area (Å²) in [7, 11) is 0. The molecule has 15 heavy (non-hydrogen) atoms. The van der Waals surface area contributed by atoms with Gasteiger partial charge in [0.1, 0.15) is 5.82 Å². The summed E-state index contributed by atoms with van der Waals surface area (Å²) in [6.45, 7) is 2.87. The summed E-state index contributed by atoms with van der Waals surface area (Å²) in [6.07, 6.45) is 0. The number of hydrogen-bond acceptors (Lipinski definition) is 1. The minimum absolute atomic E-state index is 0.0820. The van der Waals surface area contributed by atoms with Crippen molar-refractivity contribution in [1.82, 2.24) is 0 Å². The van der Waals surface area contributed by atoms with Gasteiger partial charge in [-0.1, -0.05) is 12.1 Å². The van der Waals surface area contributed by atoms with Gasteiger partial charge < -0.3 is 5.11 Å². The number of aliphatic carboxylic acids is 1. The number of carbonyl (C=O) groups is 1. The van der Waals surface area contributed by atoms with Crippen molar-refractivity contribution in [2.45, 2.75) is 13.8 Å². The quantitative estimate of drug-likeness (QED) is 0.765. The second-order valence-electron chi connectivity index (χ2n) is 3.21. The van der Waals surface area contributed by atoms with Crippen LogP contribution in [0.3, 0.4) is 0 Å². The van der Waals surface area contributed by atoms with E-state index in [0.29, 0.717) is 5.56 Å². The Morgan fingerprint density at radius 3 is 2.47 bits per heavy atom. The Labute approximate surface area is 85.9 Å². The van der Waals surface area contributed by atoms with Gasteiger partial charge in [-0.25, -0.2) is 9.18 Å². The van der Waals surface area contributed by atoms with Crippen LogP contribution < -0.4 is 0 Å². The summed E-state index contributed by atoms with van der Waals surface area (Å²) in [6, 6.07) is 4.08. The average Bonchev–Trinajstić information content (AvgIpc) is 2.19. The minimum atomic E-state index is -1.64. The fraction of sp³-hybridized carbons (Fsp3) is 0.182. The number of carboxylic acids is 1. The molecule has 1 aromatic carbocycles. The zero-order chi connectivity index (χ0) is 11.6. The van der Waals surface area contributed by atoms with Crippen LogP contribution in [0.15, 0.2) is 24.0 Å². The van der Waals surface area contributed by atoms with E-state index in [1.54, 1.807) is 6.92 Å². The molecule has 1 aromatic rings. The van der Waals surface area contributed by atoms with Crippen molar-refractivity contribution in [3.8, 4) is 0 Å². The van der Waals surface area contributed by atoms with E-state index in [4.69, 9.17) is 5.11 Å². The van der Waals surface area contributed by atoms with Crippen molar-refractivity contribution >= 4 is 11.5 Å². The van der Waals surface area contributed by atoms with Crippen molar-refractivity contribution in [2.75, 3.05) is 0 Å². The smallest absolute Gasteiger partial charge is 0.365 e. The van der Waals surface area contributed by atoms with Crippen molar-refractivity contribution in [3.63, 3.8) is 0 Å². The highest BCUT2D eigenvalue weighted by molar-refractivity contribution is 5.93. The van der Waals surface area contributed by atoms with Gasteiger partial charge in [-0.2, -0.15) is 4.39 Å². The molecular weight excluding hydrogens is 202 g/mol. The molecule has 0 aliphatic rings. The van der Waals surface area contributed by atoms with E-state index in [1.165, 1.54) is 19.1 Å². The first-order valence-corrected chi connectivity index (χ1v) is 4.29. The number of benzene rings is 1. The topological polar surface area (TPSA) is 37.3 Å². The molecule has 0 fully saturated rings. The summed E-state index contributed by atoms with van der Waals surface area (Å²) in [5.74, 6) is -3.39. The van der Waals surface area contributed by atoms with Gasteiger partial charge in [0.25, 0.3) is 0 Å². The lowest BCUT2D eigenvalue weighted by molar-refractivity contribution is -0.134. The van der Waals surface area contributed by atoms with Crippen molar-refractivity contribution in [3.05, 3.63) is 41.0 Å². The van der Waals surface area contributed by atoms with E-state index in [-0.39, 0.29) is 11.1 Å². The normalized spacial score (nSPS) is 12.3. The molecule has 0 aliphatic carbocycles. The van der Waals surface area contributed by atoms with Crippen LogP contribution in [-0.4, -0.2) is 11.1 Å². The summed E-state index contributed by atoms with van der Waals surface area (Å²) >= 11 is 0. The summed E-state index contributed by atoms with van der Waals surface area (Å²) in [5, 5.41) is 8.41. The molecule has 4 heteroatoms. The maximum atomic E-state index is 13.1. The van der Waals surface area contributed by atoms with E-state index in [0.717, 1.165) is 6.07 Å². The SMILES string of the molecule is CC(=C(F)C(=O)O)c1ccc(C)c(F)c1. The van der Waals surface area contributed by atoms with Gasteiger partial charge in [-0.15, -0.1) is 0 Å². The molecule has 0 aliphatic heterocycles. The van der Waals surface area contributed by atoms with Crippen LogP contribution >= 0.6 is 0 Å². The van der Waals surface area contributed by atoms with Crippen LogP contribution in [0.1, 0.15) is 18.1 Å². The molecule has 0 atom stereocenters. The largest absolute Gasteiger partial charge is 0.476 e. The number of aryl methyl sites for hydroxylation is 1. The summed E-state index contributed by atoms with van der Waals surface area (Å²) in [5.41, 5.74) is 0.585. The lowest BCUT2D eigenvalue weighted by atomic mass is 10.0. The predicted octanol–water partition coefficient (Wildman–Crippen LogP) is 2.92. The fourth-order valence-electron chi connectivity index (χ4n) is 1.11. The van der Waals surface area contributed by atoms with E-state index >= 15 is 0 Å². The van der Waals surface area contributed by atoms with Gasteiger partial charge in [-0.05, 0) is 36.6 Å². The molecule has 0 saturated carbocycles. The van der Waals surface area contributed by atoms with Gasteiger partial charge >= 0.3 is 5.97 Å². The summed E-state index contributed by atoms with van der Waals surface area (Å²) in [4.78, 5) is 10.3. The molecular formula is C11H10F2O2. The second-order valence-corrected chi connectivity index (χ2v) is 3.21. The van der Waals surface area contributed by atoms with E-state index in [1.807, 2.05) is 0 Å². The van der Waals surface area contributed by atoms with E-state index in [2.05, 4.69) is 0 Å². The van der Waals surface area contributed by atoms with Gasteiger partial charge in [0.15, 0.2) is 0 Å². The lowest BCUT2D eigenvalue weighted by Crippen LogP contribution is -1.98. The molecule has 0 aromatic heterocycles.